The number of aromatic amines is 1. The number of carbonyl (C=O) groups excluding carboxylic acids is 1. The molecule has 0 spiro atoms. The van der Waals surface area contributed by atoms with Gasteiger partial charge in [0.05, 0.1) is 24.2 Å². The first kappa shape index (κ1) is 27.4. The van der Waals surface area contributed by atoms with Gasteiger partial charge in [-0.05, 0) is 57.0 Å². The zero-order valence-electron chi connectivity index (χ0n) is 24.6. The quantitative estimate of drug-likeness (QED) is 0.267. The Balaban J connectivity index is 1.15. The number of piperazine rings is 1. The number of carbonyl (C=O) groups is 1. The van der Waals surface area contributed by atoms with E-state index in [9.17, 15) is 4.79 Å². The molecule has 4 N–H and O–H groups in total. The van der Waals surface area contributed by atoms with Crippen molar-refractivity contribution in [3.05, 3.63) is 60.6 Å². The number of H-pyrrole nitrogens is 1. The molecule has 2 aromatic carbocycles. The second kappa shape index (κ2) is 11.3. The number of methoxy groups -OCH3 is 1. The second-order valence-corrected chi connectivity index (χ2v) is 11.7. The van der Waals surface area contributed by atoms with Crippen molar-refractivity contribution >= 4 is 39.3 Å². The van der Waals surface area contributed by atoms with E-state index in [0.29, 0.717) is 34.7 Å². The number of nitrogens with one attached hydrogen (secondary N) is 2. The van der Waals surface area contributed by atoms with Gasteiger partial charge in [0, 0.05) is 48.7 Å². The number of para-hydroxylation sites is 1. The molecule has 11 heteroatoms. The predicted molar refractivity (Wildman–Crippen MR) is 168 cm³/mol. The lowest BCUT2D eigenvalue weighted by Gasteiger charge is -2.41. The number of fused-ring (bicyclic) bond motifs is 2. The maximum absolute atomic E-state index is 13.1. The Bertz CT molecular complexity index is 1750. The molecule has 3 aromatic heterocycles. The average molecular weight is 580 g/mol. The van der Waals surface area contributed by atoms with E-state index in [2.05, 4.69) is 41.8 Å². The van der Waals surface area contributed by atoms with Crippen molar-refractivity contribution in [2.75, 3.05) is 51.4 Å². The Kier molecular flexibility index (Phi) is 7.20. The van der Waals surface area contributed by atoms with Gasteiger partial charge in [-0.2, -0.15) is 5.10 Å². The number of aromatic nitrogens is 5. The zero-order chi connectivity index (χ0) is 29.5. The van der Waals surface area contributed by atoms with Gasteiger partial charge in [-0.1, -0.05) is 24.3 Å². The van der Waals surface area contributed by atoms with Crippen molar-refractivity contribution in [1.29, 1.82) is 0 Å². The van der Waals surface area contributed by atoms with Gasteiger partial charge < -0.3 is 25.7 Å². The van der Waals surface area contributed by atoms with E-state index in [-0.39, 0.29) is 11.9 Å². The van der Waals surface area contributed by atoms with E-state index in [1.807, 2.05) is 48.5 Å². The third-order valence-corrected chi connectivity index (χ3v) is 9.08. The lowest BCUT2D eigenvalue weighted by Crippen LogP contribution is -2.49. The molecule has 2 fully saturated rings. The summed E-state index contributed by atoms with van der Waals surface area (Å²) in [6.07, 6.45) is 5.88. The topological polar surface area (TPSA) is 130 Å². The molecule has 1 aliphatic carbocycles. The first-order valence-corrected chi connectivity index (χ1v) is 15.0. The molecule has 5 aromatic rings. The van der Waals surface area contributed by atoms with E-state index in [0.717, 1.165) is 79.4 Å². The van der Waals surface area contributed by atoms with Crippen LogP contribution in [0.25, 0.3) is 33.2 Å². The molecular weight excluding hydrogens is 542 g/mol. The summed E-state index contributed by atoms with van der Waals surface area (Å²) in [5.74, 6) is 0.669. The van der Waals surface area contributed by atoms with E-state index >= 15 is 0 Å². The van der Waals surface area contributed by atoms with Crippen molar-refractivity contribution in [3.63, 3.8) is 0 Å². The van der Waals surface area contributed by atoms with Gasteiger partial charge >= 0.3 is 0 Å². The van der Waals surface area contributed by atoms with Crippen LogP contribution in [0, 0.1) is 0 Å². The van der Waals surface area contributed by atoms with Crippen LogP contribution in [0.2, 0.25) is 0 Å². The number of hydrogen-bond donors (Lipinski definition) is 3. The fraction of sp³-hybridized carbons (Fsp3) is 0.375. The molecule has 222 valence electrons. The summed E-state index contributed by atoms with van der Waals surface area (Å²) >= 11 is 0. The van der Waals surface area contributed by atoms with Crippen LogP contribution in [0.15, 0.2) is 54.9 Å². The standard InChI is InChI=1S/C32H37N9O2/c1-39-13-15-40(16-14-39)22-8-10-23(11-9-22)41-31-28(30(33)34-19-35-31)29(38-41)21-7-12-25(27(18-21)43-2)37-32(42)26-17-20-5-3-4-6-24(20)36-26/h3-7,12,17-19,22-23,36H,8-11,13-16H2,1-2H3,(H,37,42)(H2,33,34,35)/t22-,23+. The zero-order valence-corrected chi connectivity index (χ0v) is 24.6. The Morgan fingerprint density at radius 1 is 1.00 bits per heavy atom. The van der Waals surface area contributed by atoms with Crippen molar-refractivity contribution in [1.82, 2.24) is 34.5 Å². The number of hydrogen-bond acceptors (Lipinski definition) is 8. The minimum Gasteiger partial charge on any atom is -0.495 e. The van der Waals surface area contributed by atoms with E-state index in [1.165, 1.54) is 6.33 Å². The summed E-state index contributed by atoms with van der Waals surface area (Å²) in [7, 11) is 3.79. The third-order valence-electron chi connectivity index (χ3n) is 9.08. The number of rotatable bonds is 6. The molecule has 2 aliphatic rings. The van der Waals surface area contributed by atoms with Gasteiger partial charge in [0.1, 0.15) is 29.3 Å². The van der Waals surface area contributed by atoms with Gasteiger partial charge in [0.15, 0.2) is 5.65 Å². The summed E-state index contributed by atoms with van der Waals surface area (Å²) in [6, 6.07) is 16.1. The van der Waals surface area contributed by atoms with Crippen LogP contribution >= 0.6 is 0 Å². The lowest BCUT2D eigenvalue weighted by molar-refractivity contribution is 0.0815. The highest BCUT2D eigenvalue weighted by molar-refractivity contribution is 6.07. The molecule has 1 saturated heterocycles. The fourth-order valence-electron chi connectivity index (χ4n) is 6.63. The Hall–Kier alpha value is -4.48. The highest BCUT2D eigenvalue weighted by Gasteiger charge is 2.31. The molecule has 7 rings (SSSR count). The molecule has 0 radical (unpaired) electrons. The molecule has 11 nitrogen and oxygen atoms in total. The van der Waals surface area contributed by atoms with Crippen LogP contribution in [0.4, 0.5) is 11.5 Å². The number of ether oxygens (including phenoxy) is 1. The largest absolute Gasteiger partial charge is 0.495 e. The summed E-state index contributed by atoms with van der Waals surface area (Å²) in [5, 5.41) is 9.79. The monoisotopic (exact) mass is 579 g/mol. The van der Waals surface area contributed by atoms with Gasteiger partial charge in [-0.25, -0.2) is 14.6 Å². The second-order valence-electron chi connectivity index (χ2n) is 11.7. The number of amides is 1. The molecule has 4 heterocycles. The van der Waals surface area contributed by atoms with Gasteiger partial charge in [-0.15, -0.1) is 0 Å². The fourth-order valence-corrected chi connectivity index (χ4v) is 6.63. The SMILES string of the molecule is COc1cc(-c2nn([C@H]3CC[C@@H](N4CCN(C)CC4)CC3)c3ncnc(N)c23)ccc1NC(=O)c1cc2ccccc2[nH]1. The summed E-state index contributed by atoms with van der Waals surface area (Å²) in [4.78, 5) is 30.3. The number of nitrogen functional groups attached to an aromatic ring is 1. The number of nitrogens with two attached hydrogens (primary N) is 1. The maximum atomic E-state index is 13.1. The van der Waals surface area contributed by atoms with Crippen LogP contribution in [0.1, 0.15) is 42.2 Å². The Labute approximate surface area is 250 Å². The molecule has 1 saturated carbocycles. The summed E-state index contributed by atoms with van der Waals surface area (Å²) in [5.41, 5.74) is 10.6. The molecule has 1 aliphatic heterocycles. The highest BCUT2D eigenvalue weighted by atomic mass is 16.5. The molecular formula is C32H37N9O2. The highest BCUT2D eigenvalue weighted by Crippen LogP contribution is 2.39. The Morgan fingerprint density at radius 3 is 2.53 bits per heavy atom. The third kappa shape index (κ3) is 5.19. The van der Waals surface area contributed by atoms with Crippen molar-refractivity contribution in [2.24, 2.45) is 0 Å². The smallest absolute Gasteiger partial charge is 0.272 e. The summed E-state index contributed by atoms with van der Waals surface area (Å²) in [6.45, 7) is 4.56. The predicted octanol–water partition coefficient (Wildman–Crippen LogP) is 4.55. The number of benzene rings is 2. The van der Waals surface area contributed by atoms with Crippen molar-refractivity contribution < 1.29 is 9.53 Å². The van der Waals surface area contributed by atoms with Gasteiger partial charge in [0.25, 0.3) is 5.91 Å². The molecule has 1 amide bonds. The van der Waals surface area contributed by atoms with Crippen LogP contribution in [0.5, 0.6) is 5.75 Å². The van der Waals surface area contributed by atoms with Crippen LogP contribution in [-0.2, 0) is 0 Å². The van der Waals surface area contributed by atoms with Crippen LogP contribution in [-0.4, -0.2) is 86.8 Å². The average Bonchev–Trinajstić information content (AvgIpc) is 3.65. The van der Waals surface area contributed by atoms with Crippen molar-refractivity contribution in [3.8, 4) is 17.0 Å². The maximum Gasteiger partial charge on any atom is 0.272 e. The number of nitrogens with zero attached hydrogens (tertiary/aromatic N) is 6. The molecule has 0 atom stereocenters. The molecule has 0 unspecified atom stereocenters. The van der Waals surface area contributed by atoms with Crippen LogP contribution in [0.3, 0.4) is 0 Å². The molecule has 0 bridgehead atoms. The minimum absolute atomic E-state index is 0.242. The van der Waals surface area contributed by atoms with E-state index < -0.39 is 0 Å². The lowest BCUT2D eigenvalue weighted by atomic mass is 9.90. The van der Waals surface area contributed by atoms with Gasteiger partial charge in [0.2, 0.25) is 0 Å². The van der Waals surface area contributed by atoms with E-state index in [4.69, 9.17) is 15.6 Å². The molecule has 43 heavy (non-hydrogen) atoms. The van der Waals surface area contributed by atoms with Crippen LogP contribution < -0.4 is 15.8 Å². The minimum atomic E-state index is -0.248. The van der Waals surface area contributed by atoms with Crippen molar-refractivity contribution in [2.45, 2.75) is 37.8 Å². The first-order valence-electron chi connectivity index (χ1n) is 15.0. The first-order chi connectivity index (χ1) is 21.0. The normalized spacial score (nSPS) is 20.0. The number of likely N-dealkylation sites (N-methyl/N-ethyl adjacent to an activating group) is 1. The number of anilines is 2. The van der Waals surface area contributed by atoms with E-state index in [1.54, 1.807) is 7.11 Å². The Morgan fingerprint density at radius 2 is 1.77 bits per heavy atom. The van der Waals surface area contributed by atoms with Gasteiger partial charge in [-0.3, -0.25) is 9.69 Å². The summed E-state index contributed by atoms with van der Waals surface area (Å²) < 4.78 is 7.77.